The number of hydrogen-bond acceptors (Lipinski definition) is 4. The molecule has 0 aliphatic heterocycles. The van der Waals surface area contributed by atoms with Crippen molar-refractivity contribution in [2.24, 2.45) is 0 Å². The third kappa shape index (κ3) is 4.96. The molecule has 0 aliphatic carbocycles. The molecule has 1 aromatic heterocycles. The second-order valence-electron chi connectivity index (χ2n) is 5.44. The van der Waals surface area contributed by atoms with E-state index in [2.05, 4.69) is 21.7 Å². The molecule has 19 heavy (non-hydrogen) atoms. The van der Waals surface area contributed by atoms with E-state index in [1.54, 1.807) is 12.3 Å². The molecule has 5 nitrogen and oxygen atoms in total. The lowest BCUT2D eigenvalue weighted by Crippen LogP contribution is -2.41. The lowest BCUT2D eigenvalue weighted by Gasteiger charge is -2.20. The predicted octanol–water partition coefficient (Wildman–Crippen LogP) is 1.98. The number of nitrogens with zero attached hydrogens (tertiary/aromatic N) is 2. The molecule has 0 spiro atoms. The van der Waals surface area contributed by atoms with Crippen LogP contribution in [0.3, 0.4) is 0 Å². The Hall–Kier alpha value is -2.09. The van der Waals surface area contributed by atoms with Gasteiger partial charge in [-0.1, -0.05) is 0 Å². The summed E-state index contributed by atoms with van der Waals surface area (Å²) in [5, 5.41) is 15.0. The highest BCUT2D eigenvalue weighted by Gasteiger charge is 2.13. The van der Waals surface area contributed by atoms with Crippen LogP contribution in [0.4, 0.5) is 5.82 Å². The maximum atomic E-state index is 11.6. The van der Waals surface area contributed by atoms with Crippen LogP contribution < -0.4 is 10.6 Å². The van der Waals surface area contributed by atoms with Gasteiger partial charge in [0.1, 0.15) is 11.9 Å². The molecule has 0 radical (unpaired) electrons. The van der Waals surface area contributed by atoms with Gasteiger partial charge in [0.15, 0.2) is 0 Å². The Labute approximate surface area is 114 Å². The predicted molar refractivity (Wildman–Crippen MR) is 74.7 cm³/mol. The highest BCUT2D eigenvalue weighted by atomic mass is 16.1. The number of hydrogen-bond donors (Lipinski definition) is 2. The molecule has 0 aromatic carbocycles. The van der Waals surface area contributed by atoms with E-state index in [-0.39, 0.29) is 11.4 Å². The number of aryl methyl sites for hydroxylation is 1. The van der Waals surface area contributed by atoms with Crippen LogP contribution in [0.1, 0.15) is 38.3 Å². The second kappa shape index (κ2) is 6.19. The zero-order valence-electron chi connectivity index (χ0n) is 11.9. The zero-order valence-corrected chi connectivity index (χ0v) is 11.9. The zero-order chi connectivity index (χ0) is 14.5. The summed E-state index contributed by atoms with van der Waals surface area (Å²) in [4.78, 5) is 15.8. The molecule has 102 valence electrons. The van der Waals surface area contributed by atoms with Gasteiger partial charge in [-0.05, 0) is 39.3 Å². The number of carbonyl (C=O) groups excluding carboxylic acids is 1. The Bertz CT molecular complexity index is 497. The van der Waals surface area contributed by atoms with Crippen LogP contribution >= 0.6 is 0 Å². The largest absolute Gasteiger partial charge is 0.368 e. The maximum absolute atomic E-state index is 11.6. The van der Waals surface area contributed by atoms with Gasteiger partial charge in [0.2, 0.25) is 5.91 Å². The quantitative estimate of drug-likeness (QED) is 0.867. The van der Waals surface area contributed by atoms with Crippen LogP contribution in [0.2, 0.25) is 0 Å². The number of rotatable bonds is 4. The van der Waals surface area contributed by atoms with Crippen molar-refractivity contribution in [2.75, 3.05) is 11.9 Å². The summed E-state index contributed by atoms with van der Waals surface area (Å²) < 4.78 is 0. The maximum Gasteiger partial charge on any atom is 0.222 e. The molecule has 5 heteroatoms. The molecule has 0 bridgehead atoms. The van der Waals surface area contributed by atoms with Gasteiger partial charge in [-0.2, -0.15) is 5.26 Å². The van der Waals surface area contributed by atoms with Gasteiger partial charge in [-0.3, -0.25) is 4.79 Å². The molecule has 0 saturated heterocycles. The summed E-state index contributed by atoms with van der Waals surface area (Å²) in [7, 11) is 0. The van der Waals surface area contributed by atoms with Crippen molar-refractivity contribution in [3.8, 4) is 6.07 Å². The Kier molecular flexibility index (Phi) is 4.87. The van der Waals surface area contributed by atoms with Crippen molar-refractivity contribution in [3.05, 3.63) is 23.4 Å². The van der Waals surface area contributed by atoms with Crippen molar-refractivity contribution in [1.29, 1.82) is 5.26 Å². The van der Waals surface area contributed by atoms with E-state index in [4.69, 9.17) is 5.26 Å². The Morgan fingerprint density at radius 1 is 1.47 bits per heavy atom. The number of anilines is 1. The van der Waals surface area contributed by atoms with Crippen LogP contribution in [0.25, 0.3) is 0 Å². The average Bonchev–Trinajstić information content (AvgIpc) is 2.26. The van der Waals surface area contributed by atoms with Gasteiger partial charge in [0, 0.05) is 24.7 Å². The van der Waals surface area contributed by atoms with Crippen molar-refractivity contribution in [1.82, 2.24) is 10.3 Å². The highest BCUT2D eigenvalue weighted by molar-refractivity contribution is 5.77. The number of pyridine rings is 1. The van der Waals surface area contributed by atoms with E-state index in [1.807, 2.05) is 27.7 Å². The summed E-state index contributed by atoms with van der Waals surface area (Å²) in [5.41, 5.74) is 1.18. The first-order chi connectivity index (χ1) is 8.83. The summed E-state index contributed by atoms with van der Waals surface area (Å²) in [6.45, 7) is 8.13. The fourth-order valence-corrected chi connectivity index (χ4v) is 1.61. The third-order valence-electron chi connectivity index (χ3n) is 2.43. The number of carbonyl (C=O) groups is 1. The van der Waals surface area contributed by atoms with Crippen LogP contribution in [-0.4, -0.2) is 23.0 Å². The standard InChI is InChI=1S/C14H20N4O/c1-10-5-7-16-13(11(10)9-15)17-8-6-12(19)18-14(2,3)4/h5,7H,6,8H2,1-4H3,(H,16,17)(H,18,19). The lowest BCUT2D eigenvalue weighted by atomic mass is 10.1. The molecule has 2 N–H and O–H groups in total. The van der Waals surface area contributed by atoms with Crippen molar-refractivity contribution < 1.29 is 4.79 Å². The minimum atomic E-state index is -0.226. The number of aromatic nitrogens is 1. The average molecular weight is 260 g/mol. The highest BCUT2D eigenvalue weighted by Crippen LogP contribution is 2.14. The fourth-order valence-electron chi connectivity index (χ4n) is 1.61. The number of amides is 1. The van der Waals surface area contributed by atoms with Gasteiger partial charge < -0.3 is 10.6 Å². The van der Waals surface area contributed by atoms with Crippen LogP contribution in [0.15, 0.2) is 12.3 Å². The van der Waals surface area contributed by atoms with Crippen LogP contribution in [0, 0.1) is 18.3 Å². The number of nitriles is 1. The Balaban J connectivity index is 2.53. The third-order valence-corrected chi connectivity index (χ3v) is 2.43. The number of nitrogens with one attached hydrogen (secondary N) is 2. The van der Waals surface area contributed by atoms with E-state index < -0.39 is 0 Å². The van der Waals surface area contributed by atoms with Gasteiger partial charge in [-0.25, -0.2) is 4.98 Å². The van der Waals surface area contributed by atoms with Crippen LogP contribution in [0.5, 0.6) is 0 Å². The van der Waals surface area contributed by atoms with Gasteiger partial charge in [0.05, 0.1) is 5.56 Å². The minimum Gasteiger partial charge on any atom is -0.368 e. The van der Waals surface area contributed by atoms with E-state index >= 15 is 0 Å². The lowest BCUT2D eigenvalue weighted by molar-refractivity contribution is -0.122. The normalized spacial score (nSPS) is 10.7. The molecule has 0 atom stereocenters. The van der Waals surface area contributed by atoms with E-state index in [0.29, 0.717) is 24.3 Å². The summed E-state index contributed by atoms with van der Waals surface area (Å²) in [5.74, 6) is 0.511. The first-order valence-electron chi connectivity index (χ1n) is 6.24. The van der Waals surface area contributed by atoms with E-state index in [9.17, 15) is 4.79 Å². The molecule has 1 aromatic rings. The molecule has 1 amide bonds. The van der Waals surface area contributed by atoms with Crippen LogP contribution in [-0.2, 0) is 4.79 Å². The van der Waals surface area contributed by atoms with Gasteiger partial charge in [0.25, 0.3) is 0 Å². The van der Waals surface area contributed by atoms with E-state index in [0.717, 1.165) is 5.56 Å². The molecular weight excluding hydrogens is 240 g/mol. The molecule has 1 heterocycles. The summed E-state index contributed by atoms with van der Waals surface area (Å²) in [6.07, 6.45) is 1.99. The van der Waals surface area contributed by atoms with Crippen molar-refractivity contribution in [3.63, 3.8) is 0 Å². The topological polar surface area (TPSA) is 77.8 Å². The molecule has 0 fully saturated rings. The Morgan fingerprint density at radius 2 is 2.16 bits per heavy atom. The molecule has 0 aliphatic rings. The fraction of sp³-hybridized carbons (Fsp3) is 0.500. The monoisotopic (exact) mass is 260 g/mol. The van der Waals surface area contributed by atoms with E-state index in [1.165, 1.54) is 0 Å². The van der Waals surface area contributed by atoms with Gasteiger partial charge >= 0.3 is 0 Å². The first-order valence-corrected chi connectivity index (χ1v) is 6.24. The summed E-state index contributed by atoms with van der Waals surface area (Å²) >= 11 is 0. The van der Waals surface area contributed by atoms with Gasteiger partial charge in [-0.15, -0.1) is 0 Å². The molecular formula is C14H20N4O. The first kappa shape index (κ1) is 15.0. The minimum absolute atomic E-state index is 0.0221. The smallest absolute Gasteiger partial charge is 0.222 e. The SMILES string of the molecule is Cc1ccnc(NCCC(=O)NC(C)(C)C)c1C#N. The summed E-state index contributed by atoms with van der Waals surface area (Å²) in [6, 6.07) is 3.90. The Morgan fingerprint density at radius 3 is 2.74 bits per heavy atom. The second-order valence-corrected chi connectivity index (χ2v) is 5.44. The molecule has 0 unspecified atom stereocenters. The van der Waals surface area contributed by atoms with Crippen molar-refractivity contribution >= 4 is 11.7 Å². The van der Waals surface area contributed by atoms with Crippen molar-refractivity contribution in [2.45, 2.75) is 39.7 Å². The molecule has 0 saturated carbocycles. The molecule has 1 rings (SSSR count).